The molecule has 1 unspecified atom stereocenters. The van der Waals surface area contributed by atoms with E-state index in [0.29, 0.717) is 17.3 Å². The van der Waals surface area contributed by atoms with Gasteiger partial charge in [-0.2, -0.15) is 0 Å². The van der Waals surface area contributed by atoms with Gasteiger partial charge in [0, 0.05) is 17.1 Å². The number of amides is 3. The SMILES string of the molecule is CC(C)c1ccc(-c2nc(CN3C(=O)NC(C)(c4ccccn4)C3=O)cs2)cc1. The van der Waals surface area contributed by atoms with Gasteiger partial charge >= 0.3 is 6.03 Å². The molecule has 0 spiro atoms. The van der Waals surface area contributed by atoms with E-state index in [9.17, 15) is 9.59 Å². The summed E-state index contributed by atoms with van der Waals surface area (Å²) in [4.78, 5) is 35.6. The number of rotatable bonds is 5. The van der Waals surface area contributed by atoms with Crippen LogP contribution in [-0.4, -0.2) is 26.8 Å². The van der Waals surface area contributed by atoms with Gasteiger partial charge in [0.2, 0.25) is 0 Å². The van der Waals surface area contributed by atoms with Crippen molar-refractivity contribution in [3.63, 3.8) is 0 Å². The van der Waals surface area contributed by atoms with Crippen molar-refractivity contribution in [1.82, 2.24) is 20.2 Å². The fraction of sp³-hybridized carbons (Fsp3) is 0.273. The molecule has 0 bridgehead atoms. The van der Waals surface area contributed by atoms with Crippen LogP contribution in [0.2, 0.25) is 0 Å². The summed E-state index contributed by atoms with van der Waals surface area (Å²) in [6, 6.07) is 13.2. The molecule has 1 aliphatic rings. The van der Waals surface area contributed by atoms with E-state index in [2.05, 4.69) is 53.4 Å². The average Bonchev–Trinajstić information content (AvgIpc) is 3.28. The molecule has 0 saturated carbocycles. The normalized spacial score (nSPS) is 19.1. The molecule has 148 valence electrons. The van der Waals surface area contributed by atoms with Gasteiger partial charge in [0.15, 0.2) is 5.54 Å². The Kier molecular flexibility index (Phi) is 4.92. The van der Waals surface area contributed by atoms with E-state index in [1.807, 2.05) is 5.38 Å². The number of hydrogen-bond acceptors (Lipinski definition) is 5. The first-order chi connectivity index (χ1) is 13.9. The van der Waals surface area contributed by atoms with Gasteiger partial charge in [-0.3, -0.25) is 14.7 Å². The van der Waals surface area contributed by atoms with Crippen LogP contribution in [0.1, 0.15) is 43.6 Å². The minimum Gasteiger partial charge on any atom is -0.318 e. The van der Waals surface area contributed by atoms with Crippen molar-refractivity contribution in [3.05, 3.63) is 71.0 Å². The van der Waals surface area contributed by atoms with Crippen molar-refractivity contribution >= 4 is 23.3 Å². The van der Waals surface area contributed by atoms with E-state index in [0.717, 1.165) is 10.6 Å². The summed E-state index contributed by atoms with van der Waals surface area (Å²) in [5, 5.41) is 5.53. The Morgan fingerprint density at radius 2 is 1.90 bits per heavy atom. The quantitative estimate of drug-likeness (QED) is 0.641. The summed E-state index contributed by atoms with van der Waals surface area (Å²) in [7, 11) is 0. The molecule has 1 fully saturated rings. The molecule has 3 aromatic rings. The predicted octanol–water partition coefficient (Wildman–Crippen LogP) is 4.30. The van der Waals surface area contributed by atoms with E-state index < -0.39 is 11.6 Å². The first-order valence-electron chi connectivity index (χ1n) is 9.49. The Labute approximate surface area is 173 Å². The van der Waals surface area contributed by atoms with Crippen LogP contribution >= 0.6 is 11.3 Å². The Morgan fingerprint density at radius 3 is 2.55 bits per heavy atom. The number of urea groups is 1. The molecule has 0 radical (unpaired) electrons. The monoisotopic (exact) mass is 406 g/mol. The van der Waals surface area contributed by atoms with Crippen molar-refractivity contribution in [2.24, 2.45) is 0 Å². The van der Waals surface area contributed by atoms with E-state index in [-0.39, 0.29) is 12.5 Å². The molecule has 3 amide bonds. The molecule has 29 heavy (non-hydrogen) atoms. The number of carbonyl (C=O) groups excluding carboxylic acids is 2. The number of hydrogen-bond donors (Lipinski definition) is 1. The third-order valence-electron chi connectivity index (χ3n) is 5.15. The Bertz CT molecular complexity index is 1050. The maximum absolute atomic E-state index is 13.0. The third kappa shape index (κ3) is 3.53. The van der Waals surface area contributed by atoms with Crippen LogP contribution in [0.15, 0.2) is 54.0 Å². The van der Waals surface area contributed by atoms with Crippen LogP contribution in [0, 0.1) is 0 Å². The number of thiazole rings is 1. The second-order valence-electron chi connectivity index (χ2n) is 7.58. The number of pyridine rings is 1. The number of imide groups is 1. The molecule has 1 aliphatic heterocycles. The fourth-order valence-electron chi connectivity index (χ4n) is 3.36. The van der Waals surface area contributed by atoms with Gasteiger partial charge in [-0.15, -0.1) is 11.3 Å². The van der Waals surface area contributed by atoms with Crippen molar-refractivity contribution in [2.45, 2.75) is 38.8 Å². The molecule has 7 heteroatoms. The van der Waals surface area contributed by atoms with Crippen LogP contribution in [-0.2, 0) is 16.9 Å². The minimum atomic E-state index is -1.16. The number of nitrogens with one attached hydrogen (secondary N) is 1. The van der Waals surface area contributed by atoms with Crippen molar-refractivity contribution < 1.29 is 9.59 Å². The Morgan fingerprint density at radius 1 is 1.14 bits per heavy atom. The minimum absolute atomic E-state index is 0.133. The lowest BCUT2D eigenvalue weighted by atomic mass is 9.97. The molecular weight excluding hydrogens is 384 g/mol. The number of nitrogens with zero attached hydrogens (tertiary/aromatic N) is 3. The summed E-state index contributed by atoms with van der Waals surface area (Å²) in [5.41, 5.74) is 2.35. The zero-order valence-electron chi connectivity index (χ0n) is 16.5. The fourth-order valence-corrected chi connectivity index (χ4v) is 4.17. The Balaban J connectivity index is 1.53. The second-order valence-corrected chi connectivity index (χ2v) is 8.44. The molecule has 2 aromatic heterocycles. The first-order valence-corrected chi connectivity index (χ1v) is 10.4. The van der Waals surface area contributed by atoms with E-state index in [1.165, 1.54) is 21.8 Å². The molecule has 0 aliphatic carbocycles. The van der Waals surface area contributed by atoms with Gasteiger partial charge in [0.25, 0.3) is 5.91 Å². The molecule has 4 rings (SSSR count). The van der Waals surface area contributed by atoms with Crippen molar-refractivity contribution in [1.29, 1.82) is 0 Å². The maximum Gasteiger partial charge on any atom is 0.325 e. The van der Waals surface area contributed by atoms with Gasteiger partial charge in [-0.05, 0) is 30.5 Å². The highest BCUT2D eigenvalue weighted by Gasteiger charge is 2.50. The lowest BCUT2D eigenvalue weighted by Gasteiger charge is -2.20. The number of aromatic nitrogens is 2. The van der Waals surface area contributed by atoms with Crippen LogP contribution in [0.3, 0.4) is 0 Å². The molecule has 1 saturated heterocycles. The average molecular weight is 407 g/mol. The smallest absolute Gasteiger partial charge is 0.318 e. The van der Waals surface area contributed by atoms with Crippen molar-refractivity contribution in [3.8, 4) is 10.6 Å². The van der Waals surface area contributed by atoms with E-state index in [4.69, 9.17) is 0 Å². The van der Waals surface area contributed by atoms with Gasteiger partial charge < -0.3 is 5.32 Å². The largest absolute Gasteiger partial charge is 0.325 e. The maximum atomic E-state index is 13.0. The zero-order chi connectivity index (χ0) is 20.6. The highest BCUT2D eigenvalue weighted by atomic mass is 32.1. The summed E-state index contributed by atoms with van der Waals surface area (Å²) < 4.78 is 0. The van der Waals surface area contributed by atoms with Crippen LogP contribution < -0.4 is 5.32 Å². The second kappa shape index (κ2) is 7.40. The topological polar surface area (TPSA) is 75.2 Å². The Hall–Kier alpha value is -3.06. The number of benzene rings is 1. The highest BCUT2D eigenvalue weighted by molar-refractivity contribution is 7.13. The summed E-state index contributed by atoms with van der Waals surface area (Å²) in [6.07, 6.45) is 1.61. The molecule has 1 N–H and O–H groups in total. The van der Waals surface area contributed by atoms with Crippen molar-refractivity contribution in [2.75, 3.05) is 0 Å². The lowest BCUT2D eigenvalue weighted by Crippen LogP contribution is -2.41. The van der Waals surface area contributed by atoms with Gasteiger partial charge in [0.1, 0.15) is 5.01 Å². The summed E-state index contributed by atoms with van der Waals surface area (Å²) in [5.74, 6) is 0.154. The first kappa shape index (κ1) is 19.3. The molecule has 6 nitrogen and oxygen atoms in total. The van der Waals surface area contributed by atoms with Crippen LogP contribution in [0.5, 0.6) is 0 Å². The molecule has 3 heterocycles. The summed E-state index contributed by atoms with van der Waals surface area (Å²) in [6.45, 7) is 6.13. The van der Waals surface area contributed by atoms with Crippen LogP contribution in [0.4, 0.5) is 4.79 Å². The highest BCUT2D eigenvalue weighted by Crippen LogP contribution is 2.30. The van der Waals surface area contributed by atoms with Crippen LogP contribution in [0.25, 0.3) is 10.6 Å². The predicted molar refractivity (Wildman–Crippen MR) is 112 cm³/mol. The third-order valence-corrected chi connectivity index (χ3v) is 6.09. The zero-order valence-corrected chi connectivity index (χ0v) is 17.4. The molecular formula is C22H22N4O2S. The number of carbonyl (C=O) groups is 2. The van der Waals surface area contributed by atoms with E-state index in [1.54, 1.807) is 31.3 Å². The lowest BCUT2D eigenvalue weighted by molar-refractivity contribution is -0.131. The molecule has 1 atom stereocenters. The summed E-state index contributed by atoms with van der Waals surface area (Å²) >= 11 is 1.51. The van der Waals surface area contributed by atoms with Gasteiger partial charge in [0.05, 0.1) is 17.9 Å². The van der Waals surface area contributed by atoms with Gasteiger partial charge in [-0.25, -0.2) is 9.78 Å². The standard InChI is InChI=1S/C22H22N4O2S/c1-14(2)15-7-9-16(10-8-15)19-24-17(13-29-19)12-26-20(27)22(3,25-21(26)28)18-6-4-5-11-23-18/h4-11,13-14H,12H2,1-3H3,(H,25,28). The van der Waals surface area contributed by atoms with Gasteiger partial charge in [-0.1, -0.05) is 44.2 Å². The van der Waals surface area contributed by atoms with E-state index >= 15 is 0 Å². The molecule has 1 aromatic carbocycles.